The van der Waals surface area contributed by atoms with Crippen molar-refractivity contribution in [3.05, 3.63) is 94.2 Å². The summed E-state index contributed by atoms with van der Waals surface area (Å²) in [5.74, 6) is -0.368. The van der Waals surface area contributed by atoms with Gasteiger partial charge in [0.15, 0.2) is 9.84 Å². The van der Waals surface area contributed by atoms with E-state index in [1.165, 1.54) is 36.7 Å². The van der Waals surface area contributed by atoms with Crippen molar-refractivity contribution in [2.75, 3.05) is 6.54 Å². The second kappa shape index (κ2) is 9.45. The Hall–Kier alpha value is -1.97. The van der Waals surface area contributed by atoms with Crippen molar-refractivity contribution in [1.82, 2.24) is 9.71 Å². The van der Waals surface area contributed by atoms with Gasteiger partial charge in [-0.2, -0.15) is 0 Å². The number of sulfonamides is 1. The van der Waals surface area contributed by atoms with Crippen LogP contribution >= 0.6 is 23.2 Å². The largest absolute Gasteiger partial charge is 0.264 e. The summed E-state index contributed by atoms with van der Waals surface area (Å²) in [6, 6.07) is 15.5. The third-order valence-electron chi connectivity index (χ3n) is 4.36. The number of nitrogens with zero attached hydrogens (tertiary/aromatic N) is 1. The van der Waals surface area contributed by atoms with Crippen molar-refractivity contribution in [2.45, 2.75) is 15.9 Å². The van der Waals surface area contributed by atoms with Crippen molar-refractivity contribution < 1.29 is 16.8 Å². The average molecular weight is 485 g/mol. The van der Waals surface area contributed by atoms with E-state index in [2.05, 4.69) is 9.71 Å². The Kier molecular flexibility index (Phi) is 7.15. The van der Waals surface area contributed by atoms with Crippen LogP contribution in [0.3, 0.4) is 0 Å². The van der Waals surface area contributed by atoms with Crippen LogP contribution in [-0.2, 0) is 25.6 Å². The summed E-state index contributed by atoms with van der Waals surface area (Å²) < 4.78 is 54.1. The van der Waals surface area contributed by atoms with E-state index in [0.717, 1.165) is 0 Å². The molecule has 0 radical (unpaired) electrons. The van der Waals surface area contributed by atoms with Crippen LogP contribution in [0.4, 0.5) is 0 Å². The van der Waals surface area contributed by atoms with Gasteiger partial charge in [-0.3, -0.25) is 4.98 Å². The van der Waals surface area contributed by atoms with Crippen LogP contribution in [-0.4, -0.2) is 28.4 Å². The molecule has 0 saturated carbocycles. The lowest BCUT2D eigenvalue weighted by molar-refractivity contribution is 0.568. The molecule has 6 nitrogen and oxygen atoms in total. The molecule has 1 heterocycles. The number of benzene rings is 2. The van der Waals surface area contributed by atoms with Gasteiger partial charge in [0.1, 0.15) is 5.25 Å². The number of halogens is 2. The van der Waals surface area contributed by atoms with Gasteiger partial charge in [-0.25, -0.2) is 21.6 Å². The monoisotopic (exact) mass is 484 g/mol. The lowest BCUT2D eigenvalue weighted by atomic mass is 10.2. The van der Waals surface area contributed by atoms with Crippen LogP contribution in [0.25, 0.3) is 0 Å². The minimum absolute atomic E-state index is 0.0334. The summed E-state index contributed by atoms with van der Waals surface area (Å²) >= 11 is 11.9. The molecule has 0 fully saturated rings. The Balaban J connectivity index is 1.89. The zero-order valence-electron chi connectivity index (χ0n) is 15.6. The molecule has 0 aliphatic carbocycles. The van der Waals surface area contributed by atoms with E-state index >= 15 is 0 Å². The van der Waals surface area contributed by atoms with Crippen LogP contribution in [0.1, 0.15) is 16.4 Å². The van der Waals surface area contributed by atoms with Crippen molar-refractivity contribution >= 4 is 43.1 Å². The number of pyridine rings is 1. The summed E-state index contributed by atoms with van der Waals surface area (Å²) in [7, 11) is -7.78. The van der Waals surface area contributed by atoms with E-state index in [9.17, 15) is 16.8 Å². The molecule has 1 aromatic heterocycles. The molecule has 10 heteroatoms. The van der Waals surface area contributed by atoms with Crippen molar-refractivity contribution in [1.29, 1.82) is 0 Å². The molecule has 0 amide bonds. The zero-order valence-corrected chi connectivity index (χ0v) is 18.7. The highest BCUT2D eigenvalue weighted by Gasteiger charge is 2.31. The molecule has 0 aliphatic heterocycles. The second-order valence-electron chi connectivity index (χ2n) is 6.47. The van der Waals surface area contributed by atoms with Crippen LogP contribution in [0.15, 0.2) is 78.0 Å². The maximum absolute atomic E-state index is 13.2. The second-order valence-corrected chi connectivity index (χ2v) is 11.3. The van der Waals surface area contributed by atoms with E-state index in [-0.39, 0.29) is 17.2 Å². The van der Waals surface area contributed by atoms with E-state index < -0.39 is 25.1 Å². The summed E-state index contributed by atoms with van der Waals surface area (Å²) in [6.45, 7) is -0.358. The molecule has 0 saturated heterocycles. The fraction of sp³-hybridized carbons (Fsp3) is 0.150. The van der Waals surface area contributed by atoms with Gasteiger partial charge in [0.05, 0.1) is 10.6 Å². The van der Waals surface area contributed by atoms with Gasteiger partial charge >= 0.3 is 0 Å². The standard InChI is InChI=1S/C20H18Cl2N2O4S2/c21-17-7-9-18(10-8-17)30(27,28)20(15-5-3-11-23-12-15)13-24-29(25,26)14-16-4-1-2-6-19(16)22/h1-12,20,24H,13-14H2. The van der Waals surface area contributed by atoms with E-state index in [4.69, 9.17) is 23.2 Å². The van der Waals surface area contributed by atoms with Gasteiger partial charge in [0.25, 0.3) is 0 Å². The molecule has 30 heavy (non-hydrogen) atoms. The summed E-state index contributed by atoms with van der Waals surface area (Å²) in [5.41, 5.74) is 0.790. The lowest BCUT2D eigenvalue weighted by Gasteiger charge is -2.19. The van der Waals surface area contributed by atoms with Gasteiger partial charge in [-0.05, 0) is 47.5 Å². The van der Waals surface area contributed by atoms with Gasteiger partial charge in [0.2, 0.25) is 10.0 Å². The molecule has 1 N–H and O–H groups in total. The summed E-state index contributed by atoms with van der Waals surface area (Å²) in [4.78, 5) is 4.00. The Labute approximate surface area is 185 Å². The molecule has 0 bridgehead atoms. The third kappa shape index (κ3) is 5.59. The predicted molar refractivity (Wildman–Crippen MR) is 118 cm³/mol. The van der Waals surface area contributed by atoms with Crippen molar-refractivity contribution in [2.24, 2.45) is 0 Å². The van der Waals surface area contributed by atoms with Gasteiger partial charge in [0, 0.05) is 29.0 Å². The van der Waals surface area contributed by atoms with Gasteiger partial charge in [-0.1, -0.05) is 47.5 Å². The van der Waals surface area contributed by atoms with Crippen LogP contribution < -0.4 is 4.72 Å². The molecule has 0 aliphatic rings. The fourth-order valence-corrected chi connectivity index (χ4v) is 6.18. The molecule has 2 aromatic carbocycles. The molecular weight excluding hydrogens is 467 g/mol. The minimum Gasteiger partial charge on any atom is -0.264 e. The Morgan fingerprint density at radius 1 is 0.900 bits per heavy atom. The Morgan fingerprint density at radius 3 is 2.23 bits per heavy atom. The van der Waals surface area contributed by atoms with Crippen molar-refractivity contribution in [3.63, 3.8) is 0 Å². The third-order valence-corrected chi connectivity index (χ3v) is 8.40. The first-order chi connectivity index (χ1) is 14.2. The number of hydrogen-bond donors (Lipinski definition) is 1. The predicted octanol–water partition coefficient (Wildman–Crippen LogP) is 4.02. The molecular formula is C20H18Cl2N2O4S2. The van der Waals surface area contributed by atoms with Crippen molar-refractivity contribution in [3.8, 4) is 0 Å². The van der Waals surface area contributed by atoms with Crippen LogP contribution in [0, 0.1) is 0 Å². The number of hydrogen-bond acceptors (Lipinski definition) is 5. The molecule has 1 atom stereocenters. The lowest BCUT2D eigenvalue weighted by Crippen LogP contribution is -2.33. The minimum atomic E-state index is -3.93. The summed E-state index contributed by atoms with van der Waals surface area (Å²) in [5, 5.41) is -0.457. The highest BCUT2D eigenvalue weighted by Crippen LogP contribution is 2.29. The van der Waals surface area contributed by atoms with Crippen LogP contribution in [0.5, 0.6) is 0 Å². The Morgan fingerprint density at radius 2 is 1.60 bits per heavy atom. The highest BCUT2D eigenvalue weighted by molar-refractivity contribution is 7.92. The summed E-state index contributed by atoms with van der Waals surface area (Å²) in [6.07, 6.45) is 2.91. The first-order valence-electron chi connectivity index (χ1n) is 8.79. The molecule has 158 valence electrons. The topological polar surface area (TPSA) is 93.2 Å². The first kappa shape index (κ1) is 22.7. The maximum atomic E-state index is 13.2. The Bertz CT molecular complexity index is 1220. The quantitative estimate of drug-likeness (QED) is 0.520. The van der Waals surface area contributed by atoms with E-state index in [1.54, 1.807) is 36.4 Å². The average Bonchev–Trinajstić information content (AvgIpc) is 2.70. The number of rotatable bonds is 8. The molecule has 3 rings (SSSR count). The van der Waals surface area contributed by atoms with Crippen LogP contribution in [0.2, 0.25) is 10.0 Å². The van der Waals surface area contributed by atoms with Gasteiger partial charge < -0.3 is 0 Å². The smallest absolute Gasteiger partial charge is 0.215 e. The molecule has 3 aromatic rings. The number of nitrogens with one attached hydrogen (secondary N) is 1. The molecule has 1 unspecified atom stereocenters. The number of sulfone groups is 1. The van der Waals surface area contributed by atoms with E-state index in [0.29, 0.717) is 21.2 Å². The van der Waals surface area contributed by atoms with Gasteiger partial charge in [-0.15, -0.1) is 0 Å². The zero-order chi connectivity index (χ0) is 21.8. The first-order valence-corrected chi connectivity index (χ1v) is 12.7. The maximum Gasteiger partial charge on any atom is 0.215 e. The SMILES string of the molecule is O=S(=O)(Cc1ccccc1Cl)NCC(c1cccnc1)S(=O)(=O)c1ccc(Cl)cc1. The highest BCUT2D eigenvalue weighted by atomic mass is 35.5. The number of aromatic nitrogens is 1. The van der Waals surface area contributed by atoms with E-state index in [1.807, 2.05) is 0 Å². The molecule has 0 spiro atoms. The normalized spacial score (nSPS) is 13.1. The fourth-order valence-electron chi connectivity index (χ4n) is 2.84.